The van der Waals surface area contributed by atoms with Crippen LogP contribution in [-0.4, -0.2) is 42.0 Å². The lowest BCUT2D eigenvalue weighted by Gasteiger charge is -2.42. The normalized spacial score (nSPS) is 24.5. The van der Waals surface area contributed by atoms with E-state index in [9.17, 15) is 14.4 Å². The summed E-state index contributed by atoms with van der Waals surface area (Å²) in [5.41, 5.74) is 4.49. The van der Waals surface area contributed by atoms with Crippen molar-refractivity contribution in [3.63, 3.8) is 0 Å². The molecule has 2 heterocycles. The zero-order valence-electron chi connectivity index (χ0n) is 23.9. The predicted octanol–water partition coefficient (Wildman–Crippen LogP) is 6.30. The Morgan fingerprint density at radius 2 is 1.64 bits per heavy atom. The molecule has 3 N–H and O–H groups in total. The van der Waals surface area contributed by atoms with Crippen molar-refractivity contribution in [3.8, 4) is 0 Å². The third-order valence-corrected chi connectivity index (χ3v) is 8.96. The van der Waals surface area contributed by atoms with E-state index in [1.807, 2.05) is 12.1 Å². The van der Waals surface area contributed by atoms with Gasteiger partial charge in [-0.25, -0.2) is 9.59 Å². The van der Waals surface area contributed by atoms with Crippen LogP contribution in [-0.2, 0) is 9.53 Å². The molecule has 2 fully saturated rings. The number of fused-ring (bicyclic) bond motifs is 3. The number of carbonyl (C=O) groups is 3. The number of urea groups is 1. The van der Waals surface area contributed by atoms with Gasteiger partial charge in [0, 0.05) is 29.9 Å². The number of carbonyl (C=O) groups excluding carboxylic acids is 3. The van der Waals surface area contributed by atoms with Gasteiger partial charge in [-0.2, -0.15) is 0 Å². The number of hydrogen-bond donors (Lipinski definition) is 3. The number of nitrogens with one attached hydrogen (secondary N) is 3. The highest BCUT2D eigenvalue weighted by Crippen LogP contribution is 2.51. The molecule has 5 atom stereocenters. The molecule has 3 aromatic carbocycles. The summed E-state index contributed by atoms with van der Waals surface area (Å²) in [5, 5.41) is 9.74. The highest BCUT2D eigenvalue weighted by molar-refractivity contribution is 5.93. The van der Waals surface area contributed by atoms with Crippen LogP contribution in [0.1, 0.15) is 72.6 Å². The Balaban J connectivity index is 1.17. The first-order chi connectivity index (χ1) is 20.5. The fourth-order valence-electron chi connectivity index (χ4n) is 7.01. The minimum absolute atomic E-state index is 0.00512. The summed E-state index contributed by atoms with van der Waals surface area (Å²) < 4.78 is 5.03. The molecule has 6 rings (SSSR count). The van der Waals surface area contributed by atoms with E-state index in [0.29, 0.717) is 24.4 Å². The first kappa shape index (κ1) is 27.8. The van der Waals surface area contributed by atoms with Crippen LogP contribution in [0, 0.1) is 11.8 Å². The summed E-state index contributed by atoms with van der Waals surface area (Å²) in [5.74, 6) is -0.267. The summed E-state index contributed by atoms with van der Waals surface area (Å²) in [6.07, 6.45) is 4.38. The van der Waals surface area contributed by atoms with E-state index in [1.165, 1.54) is 11.1 Å². The molecule has 3 aliphatic rings. The molecule has 8 heteroatoms. The van der Waals surface area contributed by atoms with Crippen molar-refractivity contribution in [2.24, 2.45) is 11.8 Å². The molecule has 3 amide bonds. The van der Waals surface area contributed by atoms with Gasteiger partial charge < -0.3 is 25.6 Å². The Kier molecular flexibility index (Phi) is 8.13. The van der Waals surface area contributed by atoms with Gasteiger partial charge in [-0.3, -0.25) is 4.79 Å². The molecule has 8 nitrogen and oxygen atoms in total. The zero-order chi connectivity index (χ0) is 29.1. The van der Waals surface area contributed by atoms with Gasteiger partial charge in [0.1, 0.15) is 0 Å². The van der Waals surface area contributed by atoms with E-state index in [1.54, 1.807) is 31.2 Å². The molecule has 3 aromatic rings. The lowest BCUT2D eigenvalue weighted by atomic mass is 9.79. The number of rotatable bonds is 6. The summed E-state index contributed by atoms with van der Waals surface area (Å²) in [4.78, 5) is 41.4. The number of amides is 3. The van der Waals surface area contributed by atoms with Crippen LogP contribution >= 0.6 is 0 Å². The van der Waals surface area contributed by atoms with E-state index in [2.05, 4.69) is 63.3 Å². The van der Waals surface area contributed by atoms with Gasteiger partial charge in [-0.05, 0) is 67.6 Å². The molecule has 0 spiro atoms. The van der Waals surface area contributed by atoms with Crippen LogP contribution in [0.15, 0.2) is 78.9 Å². The fourth-order valence-corrected chi connectivity index (χ4v) is 7.01. The first-order valence-electron chi connectivity index (χ1n) is 15.1. The number of likely N-dealkylation sites (tertiary alicyclic amines) is 1. The molecular weight excluding hydrogens is 528 g/mol. The molecule has 1 saturated heterocycles. The standard InChI is InChI=1S/C34H38N4O4/c1-2-42-33(40)23-16-18-24(19-17-23)35-34(41)37-29-15-9-7-13-26(29)32(39)38-21-20-27-30(22-10-4-3-5-11-22)36-28-14-8-6-12-25(28)31(27)38/h3-6,8,10-12,14,16-19,26-27,29-31,36H,2,7,9,13,15,20-21H2,1H3,(H2,35,37,41)/t26-,27-,29+,30-,31-/m0/s1. The fraction of sp³-hybridized carbons (Fsp3) is 0.382. The Hall–Kier alpha value is -4.33. The van der Waals surface area contributed by atoms with Gasteiger partial charge in [0.2, 0.25) is 5.91 Å². The van der Waals surface area contributed by atoms with Crippen molar-refractivity contribution in [2.45, 2.75) is 57.2 Å². The van der Waals surface area contributed by atoms with E-state index in [-0.39, 0.29) is 41.9 Å². The lowest BCUT2D eigenvalue weighted by molar-refractivity contribution is -0.138. The van der Waals surface area contributed by atoms with Crippen molar-refractivity contribution in [3.05, 3.63) is 95.6 Å². The summed E-state index contributed by atoms with van der Waals surface area (Å²) in [7, 11) is 0. The second-order valence-corrected chi connectivity index (χ2v) is 11.4. The SMILES string of the molecule is CCOC(=O)c1ccc(NC(=O)N[C@@H]2CCCC[C@@H]2C(=O)N2CC[C@H]3[C@H](c4ccccc4)Nc4ccccc4[C@@H]32)cc1. The van der Waals surface area contributed by atoms with Crippen LogP contribution in [0.2, 0.25) is 0 Å². The maximum Gasteiger partial charge on any atom is 0.338 e. The van der Waals surface area contributed by atoms with Crippen LogP contribution in [0.4, 0.5) is 16.2 Å². The van der Waals surface area contributed by atoms with Crippen LogP contribution in [0.25, 0.3) is 0 Å². The van der Waals surface area contributed by atoms with Gasteiger partial charge in [0.25, 0.3) is 0 Å². The Labute approximate surface area is 246 Å². The Bertz CT molecular complexity index is 1430. The number of nitrogens with zero attached hydrogens (tertiary/aromatic N) is 1. The minimum atomic E-state index is -0.396. The average Bonchev–Trinajstić information content (AvgIpc) is 3.47. The number of anilines is 2. The number of benzene rings is 3. The van der Waals surface area contributed by atoms with E-state index >= 15 is 0 Å². The topological polar surface area (TPSA) is 99.8 Å². The summed E-state index contributed by atoms with van der Waals surface area (Å²) >= 11 is 0. The number of ether oxygens (including phenoxy) is 1. The van der Waals surface area contributed by atoms with E-state index < -0.39 is 5.97 Å². The number of esters is 1. The predicted molar refractivity (Wildman–Crippen MR) is 162 cm³/mol. The maximum atomic E-state index is 14.3. The number of para-hydroxylation sites is 1. The molecule has 0 aromatic heterocycles. The molecule has 1 aliphatic carbocycles. The molecule has 0 radical (unpaired) electrons. The van der Waals surface area contributed by atoms with Gasteiger partial charge >= 0.3 is 12.0 Å². The third-order valence-electron chi connectivity index (χ3n) is 8.96. The van der Waals surface area contributed by atoms with Gasteiger partial charge in [0.05, 0.1) is 30.2 Å². The van der Waals surface area contributed by atoms with Crippen molar-refractivity contribution in [1.82, 2.24) is 10.2 Å². The molecule has 42 heavy (non-hydrogen) atoms. The average molecular weight is 567 g/mol. The van der Waals surface area contributed by atoms with E-state index in [4.69, 9.17) is 4.74 Å². The van der Waals surface area contributed by atoms with Crippen LogP contribution in [0.5, 0.6) is 0 Å². The smallest absolute Gasteiger partial charge is 0.338 e. The minimum Gasteiger partial charge on any atom is -0.462 e. The van der Waals surface area contributed by atoms with E-state index in [0.717, 1.165) is 37.8 Å². The summed E-state index contributed by atoms with van der Waals surface area (Å²) in [6, 6.07) is 25.0. The largest absolute Gasteiger partial charge is 0.462 e. The second kappa shape index (κ2) is 12.3. The highest BCUT2D eigenvalue weighted by atomic mass is 16.5. The molecule has 0 bridgehead atoms. The molecule has 1 saturated carbocycles. The quantitative estimate of drug-likeness (QED) is 0.304. The monoisotopic (exact) mass is 566 g/mol. The van der Waals surface area contributed by atoms with Crippen LogP contribution in [0.3, 0.4) is 0 Å². The maximum absolute atomic E-state index is 14.3. The third kappa shape index (κ3) is 5.58. The highest BCUT2D eigenvalue weighted by Gasteiger charge is 2.48. The molecular formula is C34H38N4O4. The Morgan fingerprint density at radius 3 is 2.43 bits per heavy atom. The lowest BCUT2D eigenvalue weighted by Crippen LogP contribution is -2.51. The van der Waals surface area contributed by atoms with Crippen molar-refractivity contribution < 1.29 is 19.1 Å². The van der Waals surface area contributed by atoms with Crippen molar-refractivity contribution in [1.29, 1.82) is 0 Å². The van der Waals surface area contributed by atoms with Gasteiger partial charge in [-0.15, -0.1) is 0 Å². The number of hydrogen-bond acceptors (Lipinski definition) is 5. The van der Waals surface area contributed by atoms with Gasteiger partial charge in [0.15, 0.2) is 0 Å². The molecule has 2 aliphatic heterocycles. The second-order valence-electron chi connectivity index (χ2n) is 11.4. The van der Waals surface area contributed by atoms with Crippen molar-refractivity contribution in [2.75, 3.05) is 23.8 Å². The molecule has 0 unspecified atom stereocenters. The van der Waals surface area contributed by atoms with Crippen molar-refractivity contribution >= 4 is 29.3 Å². The summed E-state index contributed by atoms with van der Waals surface area (Å²) in [6.45, 7) is 2.77. The first-order valence-corrected chi connectivity index (χ1v) is 15.1. The van der Waals surface area contributed by atoms with Crippen LogP contribution < -0.4 is 16.0 Å². The zero-order valence-corrected chi connectivity index (χ0v) is 23.9. The van der Waals surface area contributed by atoms with Gasteiger partial charge in [-0.1, -0.05) is 61.4 Å². The Morgan fingerprint density at radius 1 is 0.905 bits per heavy atom. The molecule has 218 valence electrons.